The summed E-state index contributed by atoms with van der Waals surface area (Å²) in [5.74, 6) is 3.02. The average Bonchev–Trinajstić information content (AvgIpc) is 2.38. The Morgan fingerprint density at radius 1 is 1.39 bits per heavy atom. The van der Waals surface area contributed by atoms with Gasteiger partial charge in [0.25, 0.3) is 0 Å². The third-order valence-corrected chi connectivity index (χ3v) is 3.82. The molecule has 3 N–H and O–H groups in total. The Labute approximate surface area is 112 Å². The number of nitrogens with two attached hydrogens (primary N) is 1. The van der Waals surface area contributed by atoms with Gasteiger partial charge >= 0.3 is 0 Å². The second-order valence-electron chi connectivity index (χ2n) is 4.45. The van der Waals surface area contributed by atoms with Crippen LogP contribution in [0.1, 0.15) is 0 Å². The zero-order chi connectivity index (χ0) is 12.8. The molecule has 0 saturated carbocycles. The largest absolute Gasteiger partial charge is 0.491 e. The summed E-state index contributed by atoms with van der Waals surface area (Å²) >= 11 is 1.97. The molecule has 18 heavy (non-hydrogen) atoms. The number of rotatable bonds is 5. The van der Waals surface area contributed by atoms with Crippen molar-refractivity contribution in [1.29, 1.82) is 0 Å². The van der Waals surface area contributed by atoms with E-state index in [2.05, 4.69) is 4.90 Å². The summed E-state index contributed by atoms with van der Waals surface area (Å²) in [5, 5.41) is 9.93. The molecule has 0 bridgehead atoms. The predicted molar refractivity (Wildman–Crippen MR) is 76.1 cm³/mol. The topological polar surface area (TPSA) is 58.7 Å². The minimum atomic E-state index is -0.450. The highest BCUT2D eigenvalue weighted by Crippen LogP contribution is 2.15. The van der Waals surface area contributed by atoms with Crippen LogP contribution in [0.5, 0.6) is 5.75 Å². The Kier molecular flexibility index (Phi) is 5.16. The van der Waals surface area contributed by atoms with Crippen LogP contribution in [0, 0.1) is 0 Å². The minimum absolute atomic E-state index is 0.313. The third-order valence-electron chi connectivity index (χ3n) is 2.87. The van der Waals surface area contributed by atoms with Gasteiger partial charge in [0.1, 0.15) is 18.5 Å². The molecular weight excluding hydrogens is 248 g/mol. The van der Waals surface area contributed by atoms with Crippen LogP contribution in [-0.4, -0.2) is 53.9 Å². The van der Waals surface area contributed by atoms with E-state index < -0.39 is 6.10 Å². The fourth-order valence-electron chi connectivity index (χ4n) is 1.93. The number of nitrogen functional groups attached to an aromatic ring is 1. The summed E-state index contributed by atoms with van der Waals surface area (Å²) in [7, 11) is 0. The summed E-state index contributed by atoms with van der Waals surface area (Å²) in [6.07, 6.45) is -0.450. The van der Waals surface area contributed by atoms with E-state index in [1.165, 1.54) is 0 Å². The van der Waals surface area contributed by atoms with Crippen molar-refractivity contribution in [3.63, 3.8) is 0 Å². The molecule has 0 spiro atoms. The van der Waals surface area contributed by atoms with Crippen molar-refractivity contribution in [2.24, 2.45) is 0 Å². The molecule has 1 heterocycles. The number of ether oxygens (including phenoxy) is 1. The summed E-state index contributed by atoms with van der Waals surface area (Å²) in [6, 6.07) is 7.28. The maximum Gasteiger partial charge on any atom is 0.121 e. The van der Waals surface area contributed by atoms with Crippen LogP contribution in [0.3, 0.4) is 0 Å². The first-order valence-electron chi connectivity index (χ1n) is 6.20. The Hall–Kier alpha value is -0.910. The molecule has 1 aliphatic rings. The highest BCUT2D eigenvalue weighted by Gasteiger charge is 2.15. The van der Waals surface area contributed by atoms with E-state index in [1.807, 2.05) is 30.0 Å². The van der Waals surface area contributed by atoms with Gasteiger partial charge in [-0.3, -0.25) is 4.90 Å². The van der Waals surface area contributed by atoms with Crippen molar-refractivity contribution in [1.82, 2.24) is 4.90 Å². The molecule has 1 aliphatic heterocycles. The first-order valence-corrected chi connectivity index (χ1v) is 7.36. The maximum atomic E-state index is 9.93. The molecule has 2 rings (SSSR count). The summed E-state index contributed by atoms with van der Waals surface area (Å²) in [6.45, 7) is 3.11. The highest BCUT2D eigenvalue weighted by atomic mass is 32.2. The zero-order valence-electron chi connectivity index (χ0n) is 10.4. The lowest BCUT2D eigenvalue weighted by Crippen LogP contribution is -2.40. The van der Waals surface area contributed by atoms with Crippen LogP contribution in [0.15, 0.2) is 24.3 Å². The van der Waals surface area contributed by atoms with E-state index in [1.54, 1.807) is 6.07 Å². The molecule has 1 unspecified atom stereocenters. The molecule has 1 fully saturated rings. The standard InChI is InChI=1S/C13H20N2O2S/c14-11-2-1-3-13(8-11)17-10-12(16)9-15-4-6-18-7-5-15/h1-3,8,12,16H,4-7,9-10,14H2. The summed E-state index contributed by atoms with van der Waals surface area (Å²) in [4.78, 5) is 2.28. The Morgan fingerprint density at radius 3 is 2.89 bits per heavy atom. The second kappa shape index (κ2) is 6.87. The number of hydrogen-bond acceptors (Lipinski definition) is 5. The van der Waals surface area contributed by atoms with E-state index in [0.717, 1.165) is 24.6 Å². The van der Waals surface area contributed by atoms with Gasteiger partial charge in [-0.15, -0.1) is 0 Å². The van der Waals surface area contributed by atoms with Crippen LogP contribution < -0.4 is 10.5 Å². The van der Waals surface area contributed by atoms with E-state index in [-0.39, 0.29) is 0 Å². The molecule has 1 aromatic carbocycles. The van der Waals surface area contributed by atoms with Crippen LogP contribution >= 0.6 is 11.8 Å². The summed E-state index contributed by atoms with van der Waals surface area (Å²) in [5.41, 5.74) is 6.34. The van der Waals surface area contributed by atoms with E-state index >= 15 is 0 Å². The number of nitrogens with zero attached hydrogens (tertiary/aromatic N) is 1. The number of β-amino-alcohol motifs (C(OH)–C–C–N with tert-alkyl or cyclic N) is 1. The molecule has 1 aromatic rings. The fourth-order valence-corrected chi connectivity index (χ4v) is 2.91. The lowest BCUT2D eigenvalue weighted by molar-refractivity contribution is 0.0716. The monoisotopic (exact) mass is 268 g/mol. The number of aliphatic hydroxyl groups excluding tert-OH is 1. The Morgan fingerprint density at radius 2 is 2.17 bits per heavy atom. The highest BCUT2D eigenvalue weighted by molar-refractivity contribution is 7.99. The molecule has 1 atom stereocenters. The fraction of sp³-hybridized carbons (Fsp3) is 0.538. The normalized spacial score (nSPS) is 18.5. The van der Waals surface area contributed by atoms with Gasteiger partial charge in [0.15, 0.2) is 0 Å². The van der Waals surface area contributed by atoms with Crippen LogP contribution in [0.4, 0.5) is 5.69 Å². The number of anilines is 1. The average molecular weight is 268 g/mol. The Bertz CT molecular complexity index is 370. The zero-order valence-corrected chi connectivity index (χ0v) is 11.2. The van der Waals surface area contributed by atoms with E-state index in [0.29, 0.717) is 24.6 Å². The minimum Gasteiger partial charge on any atom is -0.491 e. The molecule has 0 aromatic heterocycles. The number of thioether (sulfide) groups is 1. The molecular formula is C13H20N2O2S. The van der Waals surface area contributed by atoms with Crippen LogP contribution in [0.2, 0.25) is 0 Å². The quantitative estimate of drug-likeness (QED) is 0.782. The predicted octanol–water partition coefficient (Wildman–Crippen LogP) is 1.06. The first-order chi connectivity index (χ1) is 8.74. The van der Waals surface area contributed by atoms with Gasteiger partial charge in [0.05, 0.1) is 0 Å². The molecule has 5 heteroatoms. The first kappa shape index (κ1) is 13.5. The van der Waals surface area contributed by atoms with Crippen molar-refractivity contribution in [2.75, 3.05) is 43.5 Å². The van der Waals surface area contributed by atoms with Gasteiger partial charge < -0.3 is 15.6 Å². The molecule has 100 valence electrons. The lowest BCUT2D eigenvalue weighted by Gasteiger charge is -2.28. The van der Waals surface area contributed by atoms with Crippen molar-refractivity contribution >= 4 is 17.4 Å². The van der Waals surface area contributed by atoms with E-state index in [9.17, 15) is 5.11 Å². The lowest BCUT2D eigenvalue weighted by atomic mass is 10.3. The molecule has 0 amide bonds. The molecule has 0 aliphatic carbocycles. The van der Waals surface area contributed by atoms with Crippen LogP contribution in [-0.2, 0) is 0 Å². The summed E-state index contributed by atoms with van der Waals surface area (Å²) < 4.78 is 5.53. The number of hydrogen-bond donors (Lipinski definition) is 2. The maximum absolute atomic E-state index is 9.93. The Balaban J connectivity index is 1.72. The van der Waals surface area contributed by atoms with Crippen molar-refractivity contribution in [3.05, 3.63) is 24.3 Å². The van der Waals surface area contributed by atoms with Crippen LogP contribution in [0.25, 0.3) is 0 Å². The SMILES string of the molecule is Nc1cccc(OCC(O)CN2CCSCC2)c1. The third kappa shape index (κ3) is 4.40. The molecule has 4 nitrogen and oxygen atoms in total. The number of benzene rings is 1. The smallest absolute Gasteiger partial charge is 0.121 e. The second-order valence-corrected chi connectivity index (χ2v) is 5.68. The van der Waals surface area contributed by atoms with Gasteiger partial charge in [-0.05, 0) is 12.1 Å². The van der Waals surface area contributed by atoms with Crippen molar-refractivity contribution in [2.45, 2.75) is 6.10 Å². The van der Waals surface area contributed by atoms with E-state index in [4.69, 9.17) is 10.5 Å². The van der Waals surface area contributed by atoms with Gasteiger partial charge in [0.2, 0.25) is 0 Å². The van der Waals surface area contributed by atoms with Gasteiger partial charge in [-0.25, -0.2) is 0 Å². The molecule has 1 saturated heterocycles. The number of aliphatic hydroxyl groups is 1. The van der Waals surface area contributed by atoms with Gasteiger partial charge in [0, 0.05) is 42.9 Å². The van der Waals surface area contributed by atoms with Crippen molar-refractivity contribution in [3.8, 4) is 5.75 Å². The van der Waals surface area contributed by atoms with Crippen molar-refractivity contribution < 1.29 is 9.84 Å². The molecule has 0 radical (unpaired) electrons. The van der Waals surface area contributed by atoms with Gasteiger partial charge in [-0.2, -0.15) is 11.8 Å². The van der Waals surface area contributed by atoms with Gasteiger partial charge in [-0.1, -0.05) is 6.07 Å².